The molecule has 0 aliphatic heterocycles. The molecule has 0 aromatic carbocycles. The Morgan fingerprint density at radius 3 is 2.89 bits per heavy atom. The number of carbonyl (C=O) groups is 2. The Morgan fingerprint density at radius 2 is 2.26 bits per heavy atom. The number of hydrogen-bond acceptors (Lipinski definition) is 4. The van der Waals surface area contributed by atoms with Gasteiger partial charge in [-0.1, -0.05) is 0 Å². The summed E-state index contributed by atoms with van der Waals surface area (Å²) >= 11 is 1.67. The molecule has 0 radical (unpaired) electrons. The van der Waals surface area contributed by atoms with Gasteiger partial charge in [-0.3, -0.25) is 4.98 Å². The SMILES string of the molecule is CSCCN(C)C(=O)NCc1cc(C(=O)O)ccn1. The van der Waals surface area contributed by atoms with Gasteiger partial charge in [0, 0.05) is 25.5 Å². The van der Waals surface area contributed by atoms with Gasteiger partial charge in [-0.15, -0.1) is 0 Å². The van der Waals surface area contributed by atoms with Crippen LogP contribution in [0.4, 0.5) is 4.79 Å². The highest BCUT2D eigenvalue weighted by Gasteiger charge is 2.09. The van der Waals surface area contributed by atoms with Crippen LogP contribution in [0.3, 0.4) is 0 Å². The quantitative estimate of drug-likeness (QED) is 0.822. The summed E-state index contributed by atoms with van der Waals surface area (Å²) in [5.74, 6) is -0.136. The molecule has 0 bridgehead atoms. The molecule has 0 saturated heterocycles. The maximum atomic E-state index is 11.7. The summed E-state index contributed by atoms with van der Waals surface area (Å²) < 4.78 is 0. The number of aromatic carboxylic acids is 1. The number of pyridine rings is 1. The van der Waals surface area contributed by atoms with Crippen molar-refractivity contribution in [1.29, 1.82) is 0 Å². The maximum absolute atomic E-state index is 11.7. The van der Waals surface area contributed by atoms with Crippen LogP contribution < -0.4 is 5.32 Å². The molecule has 0 aliphatic carbocycles. The van der Waals surface area contributed by atoms with E-state index in [0.29, 0.717) is 12.2 Å². The summed E-state index contributed by atoms with van der Waals surface area (Å²) in [6.07, 6.45) is 3.40. The second kappa shape index (κ2) is 7.63. The Labute approximate surface area is 116 Å². The van der Waals surface area contributed by atoms with E-state index in [9.17, 15) is 9.59 Å². The van der Waals surface area contributed by atoms with Gasteiger partial charge in [0.15, 0.2) is 0 Å². The van der Waals surface area contributed by atoms with Gasteiger partial charge in [-0.05, 0) is 18.4 Å². The molecule has 1 rings (SSSR count). The van der Waals surface area contributed by atoms with Crippen LogP contribution in [-0.4, -0.2) is 52.6 Å². The number of amides is 2. The molecule has 1 aromatic rings. The fourth-order valence-electron chi connectivity index (χ4n) is 1.34. The number of thioether (sulfide) groups is 1. The van der Waals surface area contributed by atoms with Crippen molar-refractivity contribution < 1.29 is 14.7 Å². The van der Waals surface area contributed by atoms with Crippen molar-refractivity contribution in [1.82, 2.24) is 15.2 Å². The number of nitrogens with one attached hydrogen (secondary N) is 1. The number of carboxylic acid groups (broad SMARTS) is 1. The zero-order chi connectivity index (χ0) is 14.3. The van der Waals surface area contributed by atoms with E-state index in [4.69, 9.17) is 5.11 Å². The lowest BCUT2D eigenvalue weighted by Gasteiger charge is -2.17. The van der Waals surface area contributed by atoms with E-state index >= 15 is 0 Å². The van der Waals surface area contributed by atoms with E-state index < -0.39 is 5.97 Å². The highest BCUT2D eigenvalue weighted by Crippen LogP contribution is 2.02. The normalized spacial score (nSPS) is 10.0. The van der Waals surface area contributed by atoms with E-state index in [1.165, 1.54) is 18.3 Å². The first kappa shape index (κ1) is 15.3. The predicted octanol–water partition coefficient (Wildman–Crippen LogP) is 1.28. The zero-order valence-electron chi connectivity index (χ0n) is 10.9. The minimum absolute atomic E-state index is 0.162. The van der Waals surface area contributed by atoms with E-state index in [0.717, 1.165) is 5.75 Å². The molecule has 1 heterocycles. The van der Waals surface area contributed by atoms with Crippen molar-refractivity contribution in [3.05, 3.63) is 29.6 Å². The Balaban J connectivity index is 2.50. The second-order valence-electron chi connectivity index (χ2n) is 3.91. The summed E-state index contributed by atoms with van der Waals surface area (Å²) in [6.45, 7) is 0.874. The molecule has 104 valence electrons. The Kier molecular flexibility index (Phi) is 6.14. The molecule has 19 heavy (non-hydrogen) atoms. The average Bonchev–Trinajstić information content (AvgIpc) is 2.42. The van der Waals surface area contributed by atoms with Crippen molar-refractivity contribution in [2.75, 3.05) is 25.6 Å². The van der Waals surface area contributed by atoms with Gasteiger partial charge in [0.1, 0.15) is 0 Å². The molecule has 7 heteroatoms. The number of hydrogen-bond donors (Lipinski definition) is 2. The van der Waals surface area contributed by atoms with Crippen LogP contribution in [0.2, 0.25) is 0 Å². The number of aromatic nitrogens is 1. The van der Waals surface area contributed by atoms with Gasteiger partial charge in [-0.2, -0.15) is 11.8 Å². The lowest BCUT2D eigenvalue weighted by Crippen LogP contribution is -2.38. The van der Waals surface area contributed by atoms with Gasteiger partial charge in [0.2, 0.25) is 0 Å². The molecule has 0 unspecified atom stereocenters. The third-order valence-corrected chi connectivity index (χ3v) is 3.05. The molecule has 0 fully saturated rings. The third kappa shape index (κ3) is 5.17. The molecule has 2 amide bonds. The van der Waals surface area contributed by atoms with Crippen molar-refractivity contribution in [3.8, 4) is 0 Å². The molecule has 0 saturated carbocycles. The fraction of sp³-hybridized carbons (Fsp3) is 0.417. The monoisotopic (exact) mass is 283 g/mol. The molecule has 2 N–H and O–H groups in total. The van der Waals surface area contributed by atoms with Gasteiger partial charge >= 0.3 is 12.0 Å². The smallest absolute Gasteiger partial charge is 0.335 e. The van der Waals surface area contributed by atoms with E-state index in [-0.39, 0.29) is 18.1 Å². The standard InChI is InChI=1S/C12H17N3O3S/c1-15(5-6-19-2)12(18)14-8-10-7-9(11(16)17)3-4-13-10/h3-4,7H,5-6,8H2,1-2H3,(H,14,18)(H,16,17). The first-order chi connectivity index (χ1) is 9.04. The molecule has 1 aromatic heterocycles. The summed E-state index contributed by atoms with van der Waals surface area (Å²) in [4.78, 5) is 28.1. The highest BCUT2D eigenvalue weighted by atomic mass is 32.2. The van der Waals surface area contributed by atoms with Crippen molar-refractivity contribution in [2.45, 2.75) is 6.54 Å². The van der Waals surface area contributed by atoms with Crippen molar-refractivity contribution in [2.24, 2.45) is 0 Å². The summed E-state index contributed by atoms with van der Waals surface area (Å²) in [7, 11) is 1.71. The van der Waals surface area contributed by atoms with Crippen LogP contribution in [0.5, 0.6) is 0 Å². The van der Waals surface area contributed by atoms with Crippen LogP contribution in [0.25, 0.3) is 0 Å². The van der Waals surface area contributed by atoms with Gasteiger partial charge in [0.25, 0.3) is 0 Å². The average molecular weight is 283 g/mol. The van der Waals surface area contributed by atoms with Gasteiger partial charge in [-0.25, -0.2) is 9.59 Å². The van der Waals surface area contributed by atoms with Crippen LogP contribution in [0.15, 0.2) is 18.3 Å². The Bertz CT molecular complexity index is 454. The lowest BCUT2D eigenvalue weighted by atomic mass is 10.2. The van der Waals surface area contributed by atoms with Crippen LogP contribution >= 0.6 is 11.8 Å². The first-order valence-corrected chi connectivity index (χ1v) is 7.10. The number of carbonyl (C=O) groups excluding carboxylic acids is 1. The fourth-order valence-corrected chi connectivity index (χ4v) is 1.80. The molecule has 0 spiro atoms. The second-order valence-corrected chi connectivity index (χ2v) is 4.90. The largest absolute Gasteiger partial charge is 0.478 e. The Hall–Kier alpha value is -1.76. The van der Waals surface area contributed by atoms with E-state index in [1.807, 2.05) is 6.26 Å². The topological polar surface area (TPSA) is 82.5 Å². The van der Waals surface area contributed by atoms with E-state index in [2.05, 4.69) is 10.3 Å². The highest BCUT2D eigenvalue weighted by molar-refractivity contribution is 7.98. The van der Waals surface area contributed by atoms with Crippen LogP contribution in [-0.2, 0) is 6.54 Å². The molecule has 6 nitrogen and oxygen atoms in total. The minimum Gasteiger partial charge on any atom is -0.478 e. The first-order valence-electron chi connectivity index (χ1n) is 5.70. The van der Waals surface area contributed by atoms with Gasteiger partial charge in [0.05, 0.1) is 17.8 Å². The summed E-state index contributed by atoms with van der Waals surface area (Å²) in [6, 6.07) is 2.67. The zero-order valence-corrected chi connectivity index (χ0v) is 11.7. The third-order valence-electron chi connectivity index (χ3n) is 2.46. The number of urea groups is 1. The maximum Gasteiger partial charge on any atom is 0.335 e. The Morgan fingerprint density at radius 1 is 1.53 bits per heavy atom. The van der Waals surface area contributed by atoms with Gasteiger partial charge < -0.3 is 15.3 Å². The van der Waals surface area contributed by atoms with E-state index in [1.54, 1.807) is 23.7 Å². The predicted molar refractivity (Wildman–Crippen MR) is 74.4 cm³/mol. The molecule has 0 atom stereocenters. The summed E-state index contributed by atoms with van der Waals surface area (Å²) in [5, 5.41) is 11.5. The van der Waals surface area contributed by atoms with Crippen molar-refractivity contribution in [3.63, 3.8) is 0 Å². The van der Waals surface area contributed by atoms with Crippen LogP contribution in [0, 0.1) is 0 Å². The summed E-state index contributed by atoms with van der Waals surface area (Å²) in [5.41, 5.74) is 0.682. The van der Waals surface area contributed by atoms with Crippen LogP contribution in [0.1, 0.15) is 16.1 Å². The minimum atomic E-state index is -1.01. The number of nitrogens with zero attached hydrogens (tertiary/aromatic N) is 2. The molecule has 0 aliphatic rings. The number of carboxylic acids is 1. The number of rotatable bonds is 6. The molecular formula is C12H17N3O3S. The lowest BCUT2D eigenvalue weighted by molar-refractivity contribution is 0.0696. The molecular weight excluding hydrogens is 266 g/mol. The van der Waals surface area contributed by atoms with Crippen molar-refractivity contribution >= 4 is 23.8 Å².